The van der Waals surface area contributed by atoms with E-state index in [1.807, 2.05) is 20.8 Å². The first-order valence-electron chi connectivity index (χ1n) is 4.55. The number of hydrogen-bond donors (Lipinski definition) is 0. The molecule has 0 N–H and O–H groups in total. The van der Waals surface area contributed by atoms with Crippen molar-refractivity contribution in [1.82, 2.24) is 10.1 Å². The van der Waals surface area contributed by atoms with Gasteiger partial charge in [-0.25, -0.2) is 0 Å². The molecule has 0 amide bonds. The van der Waals surface area contributed by atoms with Crippen molar-refractivity contribution in [2.24, 2.45) is 0 Å². The summed E-state index contributed by atoms with van der Waals surface area (Å²) >= 11 is 0. The summed E-state index contributed by atoms with van der Waals surface area (Å²) in [6, 6.07) is 0. The molecule has 4 nitrogen and oxygen atoms in total. The van der Waals surface area contributed by atoms with Crippen molar-refractivity contribution in [3.63, 3.8) is 0 Å². The lowest BCUT2D eigenvalue weighted by molar-refractivity contribution is 0.0706. The Morgan fingerprint density at radius 3 is 2.54 bits per heavy atom. The van der Waals surface area contributed by atoms with Crippen molar-refractivity contribution < 1.29 is 9.26 Å². The monoisotopic (exact) mass is 184 g/mol. The molecule has 0 aromatic carbocycles. The van der Waals surface area contributed by atoms with Crippen molar-refractivity contribution in [1.29, 1.82) is 0 Å². The first kappa shape index (κ1) is 10.2. The van der Waals surface area contributed by atoms with E-state index in [1.165, 1.54) is 0 Å². The second-order valence-corrected chi connectivity index (χ2v) is 3.28. The molecule has 0 spiro atoms. The number of rotatable bonds is 4. The second-order valence-electron chi connectivity index (χ2n) is 3.28. The van der Waals surface area contributed by atoms with Crippen molar-refractivity contribution in [2.75, 3.05) is 7.11 Å². The van der Waals surface area contributed by atoms with E-state index in [9.17, 15) is 0 Å². The van der Waals surface area contributed by atoms with Crippen LogP contribution in [0.25, 0.3) is 0 Å². The lowest BCUT2D eigenvalue weighted by Gasteiger charge is -2.05. The molecular weight excluding hydrogens is 168 g/mol. The summed E-state index contributed by atoms with van der Waals surface area (Å²) in [5, 5.41) is 3.87. The number of hydrogen-bond acceptors (Lipinski definition) is 4. The molecule has 0 radical (unpaired) electrons. The molecule has 1 unspecified atom stereocenters. The van der Waals surface area contributed by atoms with Gasteiger partial charge in [0.2, 0.25) is 0 Å². The Morgan fingerprint density at radius 2 is 2.15 bits per heavy atom. The second kappa shape index (κ2) is 4.37. The van der Waals surface area contributed by atoms with E-state index in [1.54, 1.807) is 7.11 Å². The van der Waals surface area contributed by atoms with E-state index in [-0.39, 0.29) is 6.10 Å². The smallest absolute Gasteiger partial charge is 0.255 e. The van der Waals surface area contributed by atoms with Crippen molar-refractivity contribution in [3.8, 4) is 0 Å². The van der Waals surface area contributed by atoms with E-state index in [2.05, 4.69) is 10.1 Å². The van der Waals surface area contributed by atoms with Crippen LogP contribution in [-0.4, -0.2) is 17.3 Å². The van der Waals surface area contributed by atoms with Gasteiger partial charge in [0.1, 0.15) is 6.10 Å². The number of methoxy groups -OCH3 is 1. The summed E-state index contributed by atoms with van der Waals surface area (Å²) in [5.74, 6) is 1.62. The van der Waals surface area contributed by atoms with Gasteiger partial charge in [-0.05, 0) is 6.42 Å². The first-order chi connectivity index (χ1) is 6.19. The van der Waals surface area contributed by atoms with Crippen LogP contribution in [-0.2, 0) is 4.74 Å². The Labute approximate surface area is 78.3 Å². The third kappa shape index (κ3) is 2.28. The molecule has 0 saturated heterocycles. The minimum absolute atomic E-state index is 0.0694. The van der Waals surface area contributed by atoms with Crippen LogP contribution < -0.4 is 0 Å². The molecule has 0 aliphatic heterocycles. The molecule has 4 heteroatoms. The molecule has 1 atom stereocenters. The Balaban J connectivity index is 2.78. The summed E-state index contributed by atoms with van der Waals surface area (Å²) in [4.78, 5) is 4.25. The van der Waals surface area contributed by atoms with Crippen LogP contribution in [0.5, 0.6) is 0 Å². The highest BCUT2D eigenvalue weighted by Gasteiger charge is 2.17. The summed E-state index contributed by atoms with van der Waals surface area (Å²) in [6.45, 7) is 6.08. The summed E-state index contributed by atoms with van der Waals surface area (Å²) in [7, 11) is 1.65. The fourth-order valence-corrected chi connectivity index (χ4v) is 1.05. The van der Waals surface area contributed by atoms with E-state index in [4.69, 9.17) is 9.26 Å². The van der Waals surface area contributed by atoms with Crippen LogP contribution in [0.15, 0.2) is 4.52 Å². The number of aromatic nitrogens is 2. The normalized spacial score (nSPS) is 13.6. The number of ether oxygens (including phenoxy) is 1. The van der Waals surface area contributed by atoms with Gasteiger partial charge in [-0.1, -0.05) is 25.9 Å². The molecule has 74 valence electrons. The van der Waals surface area contributed by atoms with E-state index in [0.717, 1.165) is 12.2 Å². The summed E-state index contributed by atoms with van der Waals surface area (Å²) in [6.07, 6.45) is 0.774. The highest BCUT2D eigenvalue weighted by molar-refractivity contribution is 4.94. The minimum Gasteiger partial charge on any atom is -0.372 e. The van der Waals surface area contributed by atoms with Gasteiger partial charge >= 0.3 is 0 Å². The molecular formula is C9H16N2O2. The van der Waals surface area contributed by atoms with E-state index in [0.29, 0.717) is 11.8 Å². The van der Waals surface area contributed by atoms with Crippen LogP contribution >= 0.6 is 0 Å². The maximum absolute atomic E-state index is 5.18. The highest BCUT2D eigenvalue weighted by atomic mass is 16.5. The molecule has 13 heavy (non-hydrogen) atoms. The lowest BCUT2D eigenvalue weighted by Crippen LogP contribution is -2.00. The van der Waals surface area contributed by atoms with Gasteiger partial charge < -0.3 is 9.26 Å². The van der Waals surface area contributed by atoms with Gasteiger partial charge in [0.15, 0.2) is 5.82 Å². The van der Waals surface area contributed by atoms with Crippen molar-refractivity contribution in [3.05, 3.63) is 11.7 Å². The largest absolute Gasteiger partial charge is 0.372 e. The summed E-state index contributed by atoms with van der Waals surface area (Å²) < 4.78 is 10.3. The Morgan fingerprint density at radius 1 is 1.46 bits per heavy atom. The fraction of sp³-hybridized carbons (Fsp3) is 0.778. The Kier molecular flexibility index (Phi) is 3.42. The topological polar surface area (TPSA) is 48.2 Å². The predicted octanol–water partition coefficient (Wildman–Crippen LogP) is 2.29. The van der Waals surface area contributed by atoms with Crippen LogP contribution in [0.2, 0.25) is 0 Å². The Bertz CT molecular complexity index is 254. The molecule has 1 rings (SSSR count). The minimum atomic E-state index is -0.0694. The molecule has 1 heterocycles. The zero-order valence-electron chi connectivity index (χ0n) is 8.57. The van der Waals surface area contributed by atoms with Crippen molar-refractivity contribution in [2.45, 2.75) is 39.2 Å². The molecule has 1 aromatic rings. The van der Waals surface area contributed by atoms with E-state index < -0.39 is 0 Å². The number of nitrogens with zero attached hydrogens (tertiary/aromatic N) is 2. The lowest BCUT2D eigenvalue weighted by atomic mass is 10.2. The van der Waals surface area contributed by atoms with Gasteiger partial charge in [-0.15, -0.1) is 0 Å². The highest BCUT2D eigenvalue weighted by Crippen LogP contribution is 2.19. The van der Waals surface area contributed by atoms with Crippen LogP contribution in [0.1, 0.15) is 50.9 Å². The van der Waals surface area contributed by atoms with Crippen molar-refractivity contribution >= 4 is 0 Å². The standard InChI is InChI=1S/C9H16N2O2/c1-5-7(12-4)9-10-8(6(2)3)11-13-9/h6-7H,5H2,1-4H3. The predicted molar refractivity (Wildman–Crippen MR) is 48.4 cm³/mol. The molecule has 1 aromatic heterocycles. The molecule has 0 fully saturated rings. The van der Waals surface area contributed by atoms with Crippen LogP contribution in [0, 0.1) is 0 Å². The molecule has 0 aliphatic carbocycles. The quantitative estimate of drug-likeness (QED) is 0.720. The molecule has 0 aliphatic rings. The maximum Gasteiger partial charge on any atom is 0.255 e. The van der Waals surface area contributed by atoms with Gasteiger partial charge in [0.05, 0.1) is 0 Å². The fourth-order valence-electron chi connectivity index (χ4n) is 1.05. The average molecular weight is 184 g/mol. The zero-order chi connectivity index (χ0) is 9.84. The third-order valence-electron chi connectivity index (χ3n) is 1.90. The van der Waals surface area contributed by atoms with E-state index >= 15 is 0 Å². The molecule has 0 bridgehead atoms. The van der Waals surface area contributed by atoms with Crippen LogP contribution in [0.4, 0.5) is 0 Å². The SMILES string of the molecule is CCC(OC)c1nc(C(C)C)no1. The van der Waals surface area contributed by atoms with Gasteiger partial charge in [0, 0.05) is 13.0 Å². The summed E-state index contributed by atoms with van der Waals surface area (Å²) in [5.41, 5.74) is 0. The zero-order valence-corrected chi connectivity index (χ0v) is 8.57. The molecule has 0 saturated carbocycles. The average Bonchev–Trinajstić information content (AvgIpc) is 2.56. The van der Waals surface area contributed by atoms with Gasteiger partial charge in [-0.2, -0.15) is 4.98 Å². The Hall–Kier alpha value is -0.900. The van der Waals surface area contributed by atoms with Gasteiger partial charge in [-0.3, -0.25) is 0 Å². The maximum atomic E-state index is 5.18. The van der Waals surface area contributed by atoms with Gasteiger partial charge in [0.25, 0.3) is 5.89 Å². The van der Waals surface area contributed by atoms with Crippen LogP contribution in [0.3, 0.4) is 0 Å². The first-order valence-corrected chi connectivity index (χ1v) is 4.55. The third-order valence-corrected chi connectivity index (χ3v) is 1.90.